The van der Waals surface area contributed by atoms with Crippen LogP contribution in [0.3, 0.4) is 0 Å². The second-order valence-electron chi connectivity index (χ2n) is 3.74. The highest BCUT2D eigenvalue weighted by molar-refractivity contribution is 5.68. The van der Waals surface area contributed by atoms with Gasteiger partial charge in [0.2, 0.25) is 0 Å². The lowest BCUT2D eigenvalue weighted by Gasteiger charge is -1.96. The van der Waals surface area contributed by atoms with Crippen LogP contribution in [0.4, 0.5) is 0 Å². The van der Waals surface area contributed by atoms with Gasteiger partial charge in [-0.15, -0.1) is 0 Å². The quantitative estimate of drug-likeness (QED) is 0.666. The third kappa shape index (κ3) is 2.08. The predicted molar refractivity (Wildman–Crippen MR) is 68.4 cm³/mol. The molecule has 0 aliphatic carbocycles. The number of rotatable bonds is 2. The van der Waals surface area contributed by atoms with E-state index in [0.29, 0.717) is 0 Å². The van der Waals surface area contributed by atoms with E-state index in [2.05, 4.69) is 9.97 Å². The Morgan fingerprint density at radius 3 is 2.82 bits per heavy atom. The van der Waals surface area contributed by atoms with Crippen molar-refractivity contribution < 1.29 is 0 Å². The van der Waals surface area contributed by atoms with Crippen LogP contribution < -0.4 is 0 Å². The van der Waals surface area contributed by atoms with Crippen molar-refractivity contribution in [3.63, 3.8) is 0 Å². The minimum Gasteiger partial charge on any atom is -0.307 e. The Balaban J connectivity index is 1.92. The zero-order chi connectivity index (χ0) is 11.5. The Bertz CT molecular complexity index is 653. The van der Waals surface area contributed by atoms with Crippen molar-refractivity contribution in [1.29, 1.82) is 0 Å². The summed E-state index contributed by atoms with van der Waals surface area (Å²) in [5.74, 6) is 0. The van der Waals surface area contributed by atoms with E-state index in [1.165, 1.54) is 0 Å². The molecule has 3 aromatic rings. The molecule has 0 bridgehead atoms. The summed E-state index contributed by atoms with van der Waals surface area (Å²) in [7, 11) is 0. The Morgan fingerprint density at radius 1 is 0.941 bits per heavy atom. The maximum Gasteiger partial charge on any atom is 0.136 e. The fraction of sp³-hybridized carbons (Fsp3) is 0. The van der Waals surface area contributed by atoms with Crippen molar-refractivity contribution in [2.45, 2.75) is 0 Å². The van der Waals surface area contributed by atoms with Gasteiger partial charge in [-0.3, -0.25) is 4.98 Å². The van der Waals surface area contributed by atoms with Crippen LogP contribution in [0.2, 0.25) is 0 Å². The molecule has 3 rings (SSSR count). The van der Waals surface area contributed by atoms with E-state index in [9.17, 15) is 0 Å². The van der Waals surface area contributed by atoms with E-state index < -0.39 is 0 Å². The number of pyridine rings is 2. The highest BCUT2D eigenvalue weighted by atomic mass is 15.0. The fourth-order valence-electron chi connectivity index (χ4n) is 1.69. The molecule has 82 valence electrons. The molecule has 0 aromatic carbocycles. The van der Waals surface area contributed by atoms with Crippen LogP contribution in [0.5, 0.6) is 0 Å². The third-order valence-corrected chi connectivity index (χ3v) is 2.55. The first-order valence-corrected chi connectivity index (χ1v) is 5.44. The molecule has 0 atom stereocenters. The van der Waals surface area contributed by atoms with Crippen molar-refractivity contribution >= 4 is 17.8 Å². The van der Waals surface area contributed by atoms with Gasteiger partial charge >= 0.3 is 0 Å². The molecule has 0 aliphatic heterocycles. The summed E-state index contributed by atoms with van der Waals surface area (Å²) >= 11 is 0. The van der Waals surface area contributed by atoms with Crippen LogP contribution in [0, 0.1) is 0 Å². The first-order chi connectivity index (χ1) is 8.42. The zero-order valence-electron chi connectivity index (χ0n) is 9.19. The van der Waals surface area contributed by atoms with E-state index in [0.717, 1.165) is 16.9 Å². The van der Waals surface area contributed by atoms with Crippen molar-refractivity contribution in [2.75, 3.05) is 0 Å². The van der Waals surface area contributed by atoms with Crippen LogP contribution >= 0.6 is 0 Å². The van der Waals surface area contributed by atoms with Gasteiger partial charge in [-0.2, -0.15) is 0 Å². The normalized spacial score (nSPS) is 11.3. The van der Waals surface area contributed by atoms with Gasteiger partial charge in [-0.05, 0) is 35.9 Å². The molecular weight excluding hydrogens is 210 g/mol. The minimum absolute atomic E-state index is 0.957. The molecular formula is C14H11N3. The van der Waals surface area contributed by atoms with E-state index in [4.69, 9.17) is 0 Å². The molecule has 0 spiro atoms. The van der Waals surface area contributed by atoms with Crippen molar-refractivity contribution in [3.8, 4) is 0 Å². The lowest BCUT2D eigenvalue weighted by Crippen LogP contribution is -1.84. The Kier molecular flexibility index (Phi) is 2.43. The van der Waals surface area contributed by atoms with Gasteiger partial charge < -0.3 is 4.40 Å². The minimum atomic E-state index is 0.957. The maximum atomic E-state index is 4.24. The molecule has 0 N–H and O–H groups in total. The summed E-state index contributed by atoms with van der Waals surface area (Å²) in [5, 5.41) is 0. The average Bonchev–Trinajstić information content (AvgIpc) is 2.85. The van der Waals surface area contributed by atoms with Crippen molar-refractivity contribution in [3.05, 3.63) is 66.4 Å². The molecule has 3 heterocycles. The Hall–Kier alpha value is -2.42. The Morgan fingerprint density at radius 2 is 1.94 bits per heavy atom. The predicted octanol–water partition coefficient (Wildman–Crippen LogP) is 2.90. The first kappa shape index (κ1) is 9.78. The molecule has 0 saturated carbocycles. The van der Waals surface area contributed by atoms with Gasteiger partial charge in [-0.25, -0.2) is 4.98 Å². The molecule has 0 saturated heterocycles. The molecule has 17 heavy (non-hydrogen) atoms. The van der Waals surface area contributed by atoms with Crippen LogP contribution in [-0.4, -0.2) is 14.4 Å². The second kappa shape index (κ2) is 4.22. The van der Waals surface area contributed by atoms with Crippen LogP contribution in [0.25, 0.3) is 17.8 Å². The van der Waals surface area contributed by atoms with Gasteiger partial charge in [0.15, 0.2) is 0 Å². The van der Waals surface area contributed by atoms with E-state index >= 15 is 0 Å². The van der Waals surface area contributed by atoms with Crippen molar-refractivity contribution in [1.82, 2.24) is 14.4 Å². The average molecular weight is 221 g/mol. The molecule has 3 heteroatoms. The lowest BCUT2D eigenvalue weighted by molar-refractivity contribution is 1.18. The Labute approximate surface area is 99.1 Å². The first-order valence-electron chi connectivity index (χ1n) is 5.44. The van der Waals surface area contributed by atoms with E-state index in [-0.39, 0.29) is 0 Å². The molecule has 3 aromatic heterocycles. The standard InChI is InChI=1S/C14H11N3/c1-2-8-15-13(3-1)6-4-12-5-7-14-16-9-10-17(14)11-12/h1-11H. The number of fused-ring (bicyclic) bond motifs is 1. The summed E-state index contributed by atoms with van der Waals surface area (Å²) in [6, 6.07) is 9.91. The van der Waals surface area contributed by atoms with Crippen LogP contribution in [-0.2, 0) is 0 Å². The third-order valence-electron chi connectivity index (χ3n) is 2.55. The smallest absolute Gasteiger partial charge is 0.136 e. The van der Waals surface area contributed by atoms with Crippen LogP contribution in [0.1, 0.15) is 11.3 Å². The highest BCUT2D eigenvalue weighted by Crippen LogP contribution is 2.08. The molecule has 0 fully saturated rings. The van der Waals surface area contributed by atoms with Gasteiger partial charge in [0, 0.05) is 24.8 Å². The SMILES string of the molecule is C(=Cc1ccccn1)c1ccc2nccn2c1. The monoisotopic (exact) mass is 221 g/mol. The lowest BCUT2D eigenvalue weighted by atomic mass is 10.2. The zero-order valence-corrected chi connectivity index (χ0v) is 9.19. The van der Waals surface area contributed by atoms with Gasteiger partial charge in [0.1, 0.15) is 5.65 Å². The number of imidazole rings is 1. The van der Waals surface area contributed by atoms with E-state index in [1.54, 1.807) is 12.4 Å². The molecule has 0 radical (unpaired) electrons. The number of aromatic nitrogens is 3. The second-order valence-corrected chi connectivity index (χ2v) is 3.74. The van der Waals surface area contributed by atoms with Gasteiger partial charge in [-0.1, -0.05) is 12.1 Å². The topological polar surface area (TPSA) is 30.2 Å². The molecule has 0 amide bonds. The maximum absolute atomic E-state index is 4.24. The van der Waals surface area contributed by atoms with Gasteiger partial charge in [0.05, 0.1) is 5.69 Å². The molecule has 0 unspecified atom stereocenters. The number of nitrogens with zero attached hydrogens (tertiary/aromatic N) is 3. The highest BCUT2D eigenvalue weighted by Gasteiger charge is 1.93. The largest absolute Gasteiger partial charge is 0.307 e. The summed E-state index contributed by atoms with van der Waals surface area (Å²) in [5.41, 5.74) is 3.04. The van der Waals surface area contributed by atoms with Crippen LogP contribution in [0.15, 0.2) is 55.1 Å². The fourth-order valence-corrected chi connectivity index (χ4v) is 1.69. The summed E-state index contributed by atoms with van der Waals surface area (Å²) in [6.45, 7) is 0. The number of hydrogen-bond acceptors (Lipinski definition) is 2. The molecule has 3 nitrogen and oxygen atoms in total. The summed E-state index contributed by atoms with van der Waals surface area (Å²) < 4.78 is 2.00. The summed E-state index contributed by atoms with van der Waals surface area (Å²) in [4.78, 5) is 8.44. The number of hydrogen-bond donors (Lipinski definition) is 0. The summed E-state index contributed by atoms with van der Waals surface area (Å²) in [6.07, 6.45) is 11.6. The van der Waals surface area contributed by atoms with E-state index in [1.807, 2.05) is 59.3 Å². The van der Waals surface area contributed by atoms with Gasteiger partial charge in [0.25, 0.3) is 0 Å². The van der Waals surface area contributed by atoms with Crippen molar-refractivity contribution in [2.24, 2.45) is 0 Å². The molecule has 0 aliphatic rings.